The summed E-state index contributed by atoms with van der Waals surface area (Å²) in [5.74, 6) is 0.497. The lowest BCUT2D eigenvalue weighted by Gasteiger charge is -2.07. The third-order valence-electron chi connectivity index (χ3n) is 1.03. The van der Waals surface area contributed by atoms with Gasteiger partial charge in [-0.2, -0.15) is 0 Å². The topological polar surface area (TPSA) is 41.5 Å². The zero-order valence-electron chi connectivity index (χ0n) is 4.55. The van der Waals surface area contributed by atoms with E-state index in [-0.39, 0.29) is 0 Å². The highest BCUT2D eigenvalue weighted by Crippen LogP contribution is 1.85. The predicted molar refractivity (Wildman–Crippen MR) is 31.0 cm³/mol. The summed E-state index contributed by atoms with van der Waals surface area (Å²) in [5.41, 5.74) is 0. The first kappa shape index (κ1) is 5.28. The molecule has 0 saturated carbocycles. The van der Waals surface area contributed by atoms with Gasteiger partial charge in [0.25, 0.3) is 0 Å². The van der Waals surface area contributed by atoms with E-state index in [1.807, 2.05) is 0 Å². The highest BCUT2D eigenvalue weighted by atomic mass is 16.1. The molecule has 1 N–H and O–H groups in total. The molecule has 1 aliphatic rings. The molecule has 3 nitrogen and oxygen atoms in total. The van der Waals surface area contributed by atoms with Crippen LogP contribution in [0.1, 0.15) is 6.42 Å². The molecule has 0 bridgehead atoms. The quantitative estimate of drug-likeness (QED) is 0.468. The largest absolute Gasteiger partial charge is 0.368 e. The fraction of sp³-hybridized carbons (Fsp3) is 0.600. The average molecular weight is 112 g/mol. The van der Waals surface area contributed by atoms with Crippen molar-refractivity contribution in [3.63, 3.8) is 0 Å². The first-order chi connectivity index (χ1) is 3.93. The lowest BCUT2D eigenvalue weighted by molar-refractivity contribution is -0.102. The summed E-state index contributed by atoms with van der Waals surface area (Å²) in [4.78, 5) is 13.9. The van der Waals surface area contributed by atoms with E-state index in [4.69, 9.17) is 0 Å². The number of nitrogens with one attached hydrogen (secondary N) is 1. The average Bonchev–Trinajstić information content (AvgIpc) is 1.90. The molecule has 0 amide bonds. The van der Waals surface area contributed by atoms with Gasteiger partial charge in [-0.25, -0.2) is 0 Å². The molecule has 1 rings (SSSR count). The van der Waals surface area contributed by atoms with Gasteiger partial charge in [0.05, 0.1) is 0 Å². The predicted octanol–water partition coefficient (Wildman–Crippen LogP) is -0.423. The molecule has 3 heteroatoms. The highest BCUT2D eigenvalue weighted by molar-refractivity contribution is 6.27. The Labute approximate surface area is 47.8 Å². The Bertz CT molecular complexity index is 120. The van der Waals surface area contributed by atoms with Crippen molar-refractivity contribution in [3.8, 4) is 0 Å². The van der Waals surface area contributed by atoms with Crippen molar-refractivity contribution in [1.82, 2.24) is 5.32 Å². The van der Waals surface area contributed by atoms with Crippen LogP contribution >= 0.6 is 0 Å². The molecule has 0 fully saturated rings. The monoisotopic (exact) mass is 112 g/mol. The van der Waals surface area contributed by atoms with Crippen molar-refractivity contribution >= 4 is 12.1 Å². The number of aldehydes is 1. The molecule has 0 aromatic heterocycles. The molecule has 0 aliphatic carbocycles. The van der Waals surface area contributed by atoms with Crippen LogP contribution in [0.25, 0.3) is 0 Å². The number of carbonyl (C=O) groups is 1. The molecule has 0 unspecified atom stereocenters. The molecule has 0 aromatic rings. The van der Waals surface area contributed by atoms with Crippen LogP contribution in [0.3, 0.4) is 0 Å². The van der Waals surface area contributed by atoms with Crippen molar-refractivity contribution in [3.05, 3.63) is 0 Å². The van der Waals surface area contributed by atoms with E-state index in [9.17, 15) is 4.79 Å². The summed E-state index contributed by atoms with van der Waals surface area (Å²) in [5, 5.41) is 2.85. The first-order valence-corrected chi connectivity index (χ1v) is 2.67. The number of carbonyl (C=O) groups excluding carboxylic acids is 1. The van der Waals surface area contributed by atoms with E-state index in [1.165, 1.54) is 0 Å². The van der Waals surface area contributed by atoms with Crippen molar-refractivity contribution in [2.45, 2.75) is 6.42 Å². The Morgan fingerprint density at radius 2 is 2.62 bits per heavy atom. The van der Waals surface area contributed by atoms with Crippen LogP contribution < -0.4 is 5.32 Å². The minimum absolute atomic E-state index is 0.497. The second-order valence-electron chi connectivity index (χ2n) is 1.67. The van der Waals surface area contributed by atoms with Gasteiger partial charge < -0.3 is 5.32 Å². The minimum Gasteiger partial charge on any atom is -0.368 e. The fourth-order valence-corrected chi connectivity index (χ4v) is 0.630. The smallest absolute Gasteiger partial charge is 0.184 e. The van der Waals surface area contributed by atoms with E-state index >= 15 is 0 Å². The molecule has 0 atom stereocenters. The van der Waals surface area contributed by atoms with Gasteiger partial charge in [0.15, 0.2) is 12.1 Å². The molecule has 0 saturated heterocycles. The van der Waals surface area contributed by atoms with Crippen molar-refractivity contribution < 1.29 is 4.79 Å². The molecular weight excluding hydrogens is 104 g/mol. The number of hydrogen-bond donors (Lipinski definition) is 1. The van der Waals surface area contributed by atoms with Crippen LogP contribution in [0, 0.1) is 0 Å². The van der Waals surface area contributed by atoms with Gasteiger partial charge in [-0.1, -0.05) is 0 Å². The third kappa shape index (κ3) is 1.05. The Balaban J connectivity index is 2.49. The third-order valence-corrected chi connectivity index (χ3v) is 1.03. The minimum atomic E-state index is 0.497. The molecular formula is C5H8N2O. The molecule has 1 aliphatic heterocycles. The van der Waals surface area contributed by atoms with Gasteiger partial charge in [-0.3, -0.25) is 9.79 Å². The summed E-state index contributed by atoms with van der Waals surface area (Å²) in [6, 6.07) is 0. The van der Waals surface area contributed by atoms with E-state index in [0.29, 0.717) is 5.84 Å². The summed E-state index contributed by atoms with van der Waals surface area (Å²) >= 11 is 0. The molecule has 0 aromatic carbocycles. The maximum atomic E-state index is 9.97. The molecule has 0 spiro atoms. The standard InChI is InChI=1S/C5H8N2O/c8-4-5-6-2-1-3-7-5/h4H,1-3H2,(H,6,7). The van der Waals surface area contributed by atoms with Gasteiger partial charge in [0, 0.05) is 13.1 Å². The van der Waals surface area contributed by atoms with Gasteiger partial charge in [-0.15, -0.1) is 0 Å². The number of hydrogen-bond acceptors (Lipinski definition) is 3. The van der Waals surface area contributed by atoms with Crippen LogP contribution in [0.4, 0.5) is 0 Å². The van der Waals surface area contributed by atoms with Gasteiger partial charge in [0.2, 0.25) is 0 Å². The Kier molecular flexibility index (Phi) is 1.62. The van der Waals surface area contributed by atoms with Crippen molar-refractivity contribution in [2.75, 3.05) is 13.1 Å². The second kappa shape index (κ2) is 2.45. The van der Waals surface area contributed by atoms with E-state index in [2.05, 4.69) is 10.3 Å². The van der Waals surface area contributed by atoms with Crippen LogP contribution in [-0.4, -0.2) is 25.2 Å². The number of rotatable bonds is 1. The van der Waals surface area contributed by atoms with E-state index < -0.39 is 0 Å². The Hall–Kier alpha value is -0.860. The fourth-order valence-electron chi connectivity index (χ4n) is 0.630. The summed E-state index contributed by atoms with van der Waals surface area (Å²) in [6.07, 6.45) is 1.79. The first-order valence-electron chi connectivity index (χ1n) is 2.67. The zero-order valence-corrected chi connectivity index (χ0v) is 4.55. The molecule has 8 heavy (non-hydrogen) atoms. The number of amidine groups is 1. The molecule has 44 valence electrons. The Morgan fingerprint density at radius 3 is 3.00 bits per heavy atom. The Morgan fingerprint density at radius 1 is 1.75 bits per heavy atom. The van der Waals surface area contributed by atoms with Crippen LogP contribution in [-0.2, 0) is 4.79 Å². The number of aliphatic imine (C=N–C) groups is 1. The van der Waals surface area contributed by atoms with Crippen molar-refractivity contribution in [2.24, 2.45) is 4.99 Å². The summed E-state index contributed by atoms with van der Waals surface area (Å²) in [6.45, 7) is 1.68. The van der Waals surface area contributed by atoms with Gasteiger partial charge in [-0.05, 0) is 6.42 Å². The van der Waals surface area contributed by atoms with Crippen LogP contribution in [0.2, 0.25) is 0 Å². The van der Waals surface area contributed by atoms with Crippen molar-refractivity contribution in [1.29, 1.82) is 0 Å². The second-order valence-corrected chi connectivity index (χ2v) is 1.67. The lowest BCUT2D eigenvalue weighted by atomic mass is 10.4. The van der Waals surface area contributed by atoms with Gasteiger partial charge >= 0.3 is 0 Å². The van der Waals surface area contributed by atoms with E-state index in [0.717, 1.165) is 25.8 Å². The van der Waals surface area contributed by atoms with Crippen LogP contribution in [0.15, 0.2) is 4.99 Å². The SMILES string of the molecule is O=CC1=NCCCN1. The zero-order chi connectivity index (χ0) is 5.82. The normalized spacial score (nSPS) is 18.8. The summed E-state index contributed by atoms with van der Waals surface area (Å²) in [7, 11) is 0. The van der Waals surface area contributed by atoms with Gasteiger partial charge in [0.1, 0.15) is 0 Å². The number of nitrogens with zero attached hydrogens (tertiary/aromatic N) is 1. The van der Waals surface area contributed by atoms with Crippen LogP contribution in [0.5, 0.6) is 0 Å². The maximum Gasteiger partial charge on any atom is 0.184 e. The molecule has 0 radical (unpaired) electrons. The lowest BCUT2D eigenvalue weighted by Crippen LogP contribution is -2.30. The molecule has 1 heterocycles. The van der Waals surface area contributed by atoms with E-state index in [1.54, 1.807) is 0 Å². The summed E-state index contributed by atoms with van der Waals surface area (Å²) < 4.78 is 0. The maximum absolute atomic E-state index is 9.97. The highest BCUT2D eigenvalue weighted by Gasteiger charge is 1.98.